The van der Waals surface area contributed by atoms with Gasteiger partial charge >= 0.3 is 5.97 Å². The highest BCUT2D eigenvalue weighted by Gasteiger charge is 2.32. The molecular formula is C21H22N2O4. The van der Waals surface area contributed by atoms with Gasteiger partial charge in [-0.15, -0.1) is 0 Å². The molecule has 0 spiro atoms. The van der Waals surface area contributed by atoms with E-state index in [2.05, 4.69) is 5.32 Å². The summed E-state index contributed by atoms with van der Waals surface area (Å²) < 4.78 is 0. The summed E-state index contributed by atoms with van der Waals surface area (Å²) in [4.78, 5) is 38.4. The van der Waals surface area contributed by atoms with Crippen LogP contribution in [0.2, 0.25) is 0 Å². The molecule has 0 saturated carbocycles. The predicted octanol–water partition coefficient (Wildman–Crippen LogP) is 3.39. The lowest BCUT2D eigenvalue weighted by Gasteiger charge is -2.34. The first-order valence-corrected chi connectivity index (χ1v) is 8.96. The SMILES string of the molecule is Cc1ccc(C(=O)O)cc1NC(=O)C(c1ccccc1)N1CCCCC1=O. The smallest absolute Gasteiger partial charge is 0.335 e. The summed E-state index contributed by atoms with van der Waals surface area (Å²) >= 11 is 0. The number of benzene rings is 2. The van der Waals surface area contributed by atoms with Crippen molar-refractivity contribution in [3.05, 3.63) is 65.2 Å². The molecule has 3 rings (SSSR count). The number of piperidine rings is 1. The fourth-order valence-electron chi connectivity index (χ4n) is 3.30. The molecule has 1 fully saturated rings. The standard InChI is InChI=1S/C21H22N2O4/c1-14-10-11-16(21(26)27)13-17(14)22-20(25)19(15-7-3-2-4-8-15)23-12-6-5-9-18(23)24/h2-4,7-8,10-11,13,19H,5-6,9,12H2,1H3,(H,22,25)(H,26,27). The van der Waals surface area contributed by atoms with Crippen LogP contribution in [0.5, 0.6) is 0 Å². The van der Waals surface area contributed by atoms with Crippen LogP contribution in [0.1, 0.15) is 46.8 Å². The molecule has 0 aliphatic carbocycles. The topological polar surface area (TPSA) is 86.7 Å². The van der Waals surface area contributed by atoms with E-state index in [0.717, 1.165) is 24.0 Å². The van der Waals surface area contributed by atoms with Crippen molar-refractivity contribution in [2.45, 2.75) is 32.2 Å². The molecule has 1 aliphatic rings. The monoisotopic (exact) mass is 366 g/mol. The van der Waals surface area contributed by atoms with E-state index < -0.39 is 12.0 Å². The average molecular weight is 366 g/mol. The van der Waals surface area contributed by atoms with Crippen LogP contribution in [0, 0.1) is 6.92 Å². The summed E-state index contributed by atoms with van der Waals surface area (Å²) in [5, 5.41) is 12.0. The Balaban J connectivity index is 1.93. The summed E-state index contributed by atoms with van der Waals surface area (Å²) in [7, 11) is 0. The first-order chi connectivity index (χ1) is 13.0. The van der Waals surface area contributed by atoms with E-state index in [4.69, 9.17) is 0 Å². The molecular weight excluding hydrogens is 344 g/mol. The van der Waals surface area contributed by atoms with Gasteiger partial charge in [0.05, 0.1) is 5.56 Å². The van der Waals surface area contributed by atoms with E-state index in [0.29, 0.717) is 18.7 Å². The molecule has 1 heterocycles. The Bertz CT molecular complexity index is 864. The minimum absolute atomic E-state index is 0.0405. The van der Waals surface area contributed by atoms with Crippen LogP contribution in [0.15, 0.2) is 48.5 Å². The van der Waals surface area contributed by atoms with E-state index in [1.165, 1.54) is 12.1 Å². The maximum Gasteiger partial charge on any atom is 0.335 e. The van der Waals surface area contributed by atoms with Gasteiger partial charge in [0.2, 0.25) is 5.91 Å². The Morgan fingerprint density at radius 2 is 1.85 bits per heavy atom. The van der Waals surface area contributed by atoms with Gasteiger partial charge in [0, 0.05) is 18.7 Å². The zero-order valence-electron chi connectivity index (χ0n) is 15.1. The number of hydrogen-bond acceptors (Lipinski definition) is 3. The lowest BCUT2D eigenvalue weighted by atomic mass is 10.00. The number of carbonyl (C=O) groups excluding carboxylic acids is 2. The number of carboxylic acids is 1. The van der Waals surface area contributed by atoms with Gasteiger partial charge in [-0.1, -0.05) is 36.4 Å². The highest BCUT2D eigenvalue weighted by Crippen LogP contribution is 2.28. The van der Waals surface area contributed by atoms with Gasteiger partial charge in [-0.25, -0.2) is 4.79 Å². The predicted molar refractivity (Wildman–Crippen MR) is 102 cm³/mol. The summed E-state index contributed by atoms with van der Waals surface area (Å²) in [6, 6.07) is 13.0. The fraction of sp³-hybridized carbons (Fsp3) is 0.286. The van der Waals surface area contributed by atoms with Crippen molar-refractivity contribution < 1.29 is 19.5 Å². The quantitative estimate of drug-likeness (QED) is 0.849. The zero-order valence-corrected chi connectivity index (χ0v) is 15.1. The van der Waals surface area contributed by atoms with E-state index in [9.17, 15) is 19.5 Å². The highest BCUT2D eigenvalue weighted by atomic mass is 16.4. The van der Waals surface area contributed by atoms with Crippen LogP contribution < -0.4 is 5.32 Å². The van der Waals surface area contributed by atoms with Gasteiger partial charge in [-0.05, 0) is 43.0 Å². The molecule has 27 heavy (non-hydrogen) atoms. The first-order valence-electron chi connectivity index (χ1n) is 8.96. The maximum atomic E-state index is 13.1. The maximum absolute atomic E-state index is 13.1. The van der Waals surface area contributed by atoms with Crippen LogP contribution in [-0.4, -0.2) is 34.3 Å². The van der Waals surface area contributed by atoms with Crippen LogP contribution >= 0.6 is 0 Å². The second-order valence-electron chi connectivity index (χ2n) is 6.68. The van der Waals surface area contributed by atoms with Gasteiger partial charge in [0.1, 0.15) is 6.04 Å². The number of nitrogens with zero attached hydrogens (tertiary/aromatic N) is 1. The molecule has 1 aliphatic heterocycles. The number of carboxylic acid groups (broad SMARTS) is 1. The van der Waals surface area contributed by atoms with Crippen molar-refractivity contribution in [1.29, 1.82) is 0 Å². The Hall–Kier alpha value is -3.15. The third kappa shape index (κ3) is 4.16. The fourth-order valence-corrected chi connectivity index (χ4v) is 3.30. The molecule has 1 atom stereocenters. The van der Waals surface area contributed by atoms with Crippen molar-refractivity contribution >= 4 is 23.5 Å². The van der Waals surface area contributed by atoms with Crippen molar-refractivity contribution in [2.24, 2.45) is 0 Å². The molecule has 6 nitrogen and oxygen atoms in total. The normalized spacial score (nSPS) is 15.3. The van der Waals surface area contributed by atoms with E-state index in [1.807, 2.05) is 30.3 Å². The third-order valence-corrected chi connectivity index (χ3v) is 4.78. The zero-order chi connectivity index (χ0) is 19.4. The number of carbonyl (C=O) groups is 3. The minimum Gasteiger partial charge on any atom is -0.478 e. The Labute approximate surface area is 157 Å². The molecule has 1 unspecified atom stereocenters. The highest BCUT2D eigenvalue weighted by molar-refractivity contribution is 5.99. The van der Waals surface area contributed by atoms with E-state index in [1.54, 1.807) is 17.9 Å². The van der Waals surface area contributed by atoms with Crippen molar-refractivity contribution in [3.63, 3.8) is 0 Å². The Morgan fingerprint density at radius 3 is 2.52 bits per heavy atom. The molecule has 2 aromatic rings. The summed E-state index contributed by atoms with van der Waals surface area (Å²) in [6.45, 7) is 2.32. The van der Waals surface area contributed by atoms with E-state index >= 15 is 0 Å². The van der Waals surface area contributed by atoms with Crippen LogP contribution in [0.4, 0.5) is 5.69 Å². The van der Waals surface area contributed by atoms with Crippen molar-refractivity contribution in [2.75, 3.05) is 11.9 Å². The lowest BCUT2D eigenvalue weighted by Crippen LogP contribution is -2.43. The molecule has 2 N–H and O–H groups in total. The van der Waals surface area contributed by atoms with Gasteiger partial charge in [-0.2, -0.15) is 0 Å². The molecule has 0 bridgehead atoms. The number of aryl methyl sites for hydroxylation is 1. The van der Waals surface area contributed by atoms with Crippen molar-refractivity contribution in [3.8, 4) is 0 Å². The number of amides is 2. The van der Waals surface area contributed by atoms with Crippen LogP contribution in [0.25, 0.3) is 0 Å². The number of likely N-dealkylation sites (tertiary alicyclic amines) is 1. The summed E-state index contributed by atoms with van der Waals surface area (Å²) in [6.07, 6.45) is 2.12. The van der Waals surface area contributed by atoms with Crippen LogP contribution in [0.3, 0.4) is 0 Å². The molecule has 2 amide bonds. The number of anilines is 1. The lowest BCUT2D eigenvalue weighted by molar-refractivity contribution is -0.141. The largest absolute Gasteiger partial charge is 0.478 e. The third-order valence-electron chi connectivity index (χ3n) is 4.78. The first kappa shape index (κ1) is 18.6. The van der Waals surface area contributed by atoms with Crippen LogP contribution in [-0.2, 0) is 9.59 Å². The van der Waals surface area contributed by atoms with Gasteiger partial charge < -0.3 is 15.3 Å². The number of hydrogen-bond donors (Lipinski definition) is 2. The minimum atomic E-state index is -1.06. The Morgan fingerprint density at radius 1 is 1.11 bits per heavy atom. The van der Waals surface area contributed by atoms with Crippen molar-refractivity contribution in [1.82, 2.24) is 4.90 Å². The number of nitrogens with one attached hydrogen (secondary N) is 1. The van der Waals surface area contributed by atoms with Gasteiger partial charge in [-0.3, -0.25) is 9.59 Å². The average Bonchev–Trinajstić information content (AvgIpc) is 2.66. The van der Waals surface area contributed by atoms with Gasteiger partial charge in [0.25, 0.3) is 5.91 Å². The molecule has 1 saturated heterocycles. The second kappa shape index (κ2) is 8.03. The molecule has 0 aromatic heterocycles. The Kier molecular flexibility index (Phi) is 5.54. The number of aromatic carboxylic acids is 1. The second-order valence-corrected chi connectivity index (χ2v) is 6.68. The molecule has 0 radical (unpaired) electrons. The summed E-state index contributed by atoms with van der Waals surface area (Å²) in [5.41, 5.74) is 2.02. The van der Waals surface area contributed by atoms with E-state index in [-0.39, 0.29) is 17.4 Å². The number of rotatable bonds is 5. The molecule has 2 aromatic carbocycles. The molecule has 140 valence electrons. The summed E-state index contributed by atoms with van der Waals surface area (Å²) in [5.74, 6) is -1.44. The van der Waals surface area contributed by atoms with Gasteiger partial charge in [0.15, 0.2) is 0 Å². The molecule has 6 heteroatoms.